The Morgan fingerprint density at radius 2 is 0.436 bits per heavy atom. The zero-order valence-electron chi connectivity index (χ0n) is 28.0. The Hall–Kier alpha value is 1.29. The molecule has 0 saturated carbocycles. The normalized spacial score (nSPS) is 12.9. The van der Waals surface area contributed by atoms with Gasteiger partial charge in [-0.2, -0.15) is 0 Å². The zero-order valence-corrected chi connectivity index (χ0v) is 31.5. The molecule has 0 radical (unpaired) electrons. The maximum absolute atomic E-state index is 3.49. The highest BCUT2D eigenvalue weighted by Gasteiger charge is 2.33. The lowest BCUT2D eigenvalue weighted by Gasteiger charge is -2.39. The third-order valence-corrected chi connectivity index (χ3v) is 12.2. The Balaban J connectivity index is 5.40. The zero-order chi connectivity index (χ0) is 29.3. The fourth-order valence-corrected chi connectivity index (χ4v) is 8.06. The van der Waals surface area contributed by atoms with E-state index >= 15 is 0 Å². The molecule has 0 rings (SSSR count). The van der Waals surface area contributed by atoms with Crippen LogP contribution in [0.25, 0.3) is 0 Å². The van der Waals surface area contributed by atoms with Crippen molar-refractivity contribution in [2.24, 2.45) is 0 Å². The third-order valence-electron chi connectivity index (χ3n) is 9.63. The second kappa shape index (κ2) is 25.8. The molecule has 236 valence electrons. The lowest BCUT2D eigenvalue weighted by atomic mass is 9.80. The predicted molar refractivity (Wildman–Crippen MR) is 195 cm³/mol. The van der Waals surface area contributed by atoms with Crippen LogP contribution in [0.15, 0.2) is 0 Å². The van der Waals surface area contributed by atoms with E-state index in [0.29, 0.717) is 15.5 Å². The molecule has 0 N–H and O–H groups in total. The summed E-state index contributed by atoms with van der Waals surface area (Å²) in [6, 6.07) is 0. The fourth-order valence-electron chi connectivity index (χ4n) is 6.46. The van der Waals surface area contributed by atoms with Crippen LogP contribution < -0.4 is 0 Å². The van der Waals surface area contributed by atoms with Gasteiger partial charge in [-0.25, -0.2) is 0 Å². The van der Waals surface area contributed by atoms with Crippen molar-refractivity contribution in [3.8, 4) is 0 Å². The van der Waals surface area contributed by atoms with Crippen LogP contribution in [0.1, 0.15) is 214 Å². The number of unbranched alkanes of at least 4 members (excludes halogenated alkanes) is 14. The van der Waals surface area contributed by atoms with E-state index in [9.17, 15) is 0 Å². The molecular weight excluding hydrogens is 525 g/mol. The number of rotatable bonds is 30. The van der Waals surface area contributed by atoms with Gasteiger partial charge in [0.25, 0.3) is 0 Å². The van der Waals surface area contributed by atoms with Gasteiger partial charge in [-0.3, -0.25) is 0 Å². The average molecular weight is 603 g/mol. The van der Waals surface area contributed by atoms with Gasteiger partial charge < -0.3 is 0 Å². The van der Waals surface area contributed by atoms with E-state index in [0.717, 1.165) is 0 Å². The lowest BCUT2D eigenvalue weighted by Crippen LogP contribution is -2.31. The molecule has 0 nitrogen and oxygen atoms in total. The highest BCUT2D eigenvalue weighted by Crippen LogP contribution is 2.46. The Bertz CT molecular complexity index is 455. The molecule has 0 amide bonds. The molecule has 3 atom stereocenters. The molecule has 0 aliphatic carbocycles. The average Bonchev–Trinajstić information content (AvgIpc) is 2.92. The van der Waals surface area contributed by atoms with Crippen molar-refractivity contribution in [3.05, 3.63) is 0 Å². The van der Waals surface area contributed by atoms with Crippen molar-refractivity contribution in [1.29, 1.82) is 0 Å². The summed E-state index contributed by atoms with van der Waals surface area (Å²) in [4.78, 5) is 0. The summed E-state index contributed by atoms with van der Waals surface area (Å²) in [6.07, 6.45) is 39.3. The molecule has 0 aliphatic heterocycles. The Morgan fingerprint density at radius 1 is 0.256 bits per heavy atom. The number of hydrogen-bond acceptors (Lipinski definition) is 0. The summed E-state index contributed by atoms with van der Waals surface area (Å²) in [7, 11) is 10.4. The molecule has 3 unspecified atom stereocenters. The summed E-state index contributed by atoms with van der Waals surface area (Å²) in [5.41, 5.74) is 0. The van der Waals surface area contributed by atoms with Crippen LogP contribution in [0.5, 0.6) is 0 Å². The first-order valence-electron chi connectivity index (χ1n) is 18.1. The molecule has 0 aromatic heterocycles. The van der Waals surface area contributed by atoms with Crippen LogP contribution in [0.2, 0.25) is 0 Å². The van der Waals surface area contributed by atoms with Crippen molar-refractivity contribution in [2.45, 2.75) is 230 Å². The molecule has 0 bridgehead atoms. The van der Waals surface area contributed by atoms with Gasteiger partial charge in [0.15, 0.2) is 0 Å². The summed E-state index contributed by atoms with van der Waals surface area (Å²) in [5.74, 6) is 0. The van der Waals surface area contributed by atoms with E-state index in [4.69, 9.17) is 0 Å². The van der Waals surface area contributed by atoms with E-state index in [1.165, 1.54) is 180 Å². The van der Waals surface area contributed by atoms with E-state index < -0.39 is 0 Å². The van der Waals surface area contributed by atoms with Gasteiger partial charge in [-0.15, -0.1) is 27.7 Å². The van der Waals surface area contributed by atoms with Crippen molar-refractivity contribution >= 4 is 27.7 Å². The maximum atomic E-state index is 3.49. The fraction of sp³-hybridized carbons (Fsp3) is 1.00. The smallest absolute Gasteiger partial charge is 0.0149 e. The van der Waals surface area contributed by atoms with Crippen LogP contribution in [0, 0.1) is 0 Å². The van der Waals surface area contributed by atoms with Crippen molar-refractivity contribution in [3.63, 3.8) is 0 Å². The molecule has 0 saturated heterocycles. The van der Waals surface area contributed by atoms with Gasteiger partial charge in [0, 0.05) is 0 Å². The molecule has 0 fully saturated rings. The Labute approximate surface area is 257 Å². The SMILES string of the molecule is CCCCCCC(P)(CCCCCC)CCC(P)(CCCCC)CCC(P)(CCCCCC)CCCCCC. The lowest BCUT2D eigenvalue weighted by molar-refractivity contribution is 0.333. The third kappa shape index (κ3) is 22.5. The van der Waals surface area contributed by atoms with Crippen LogP contribution >= 0.6 is 27.7 Å². The molecule has 39 heavy (non-hydrogen) atoms. The van der Waals surface area contributed by atoms with E-state index in [1.807, 2.05) is 0 Å². The first-order valence-corrected chi connectivity index (χ1v) is 19.8. The van der Waals surface area contributed by atoms with Crippen LogP contribution in [0.4, 0.5) is 0 Å². The minimum absolute atomic E-state index is 0.429. The standard InChI is InChI=1S/C36H77P3/c1-6-11-16-21-26-34(37,27-22-17-12-7-2)30-32-36(39,25-20-15-10-5)33-31-35(38,28-23-18-13-8-3)29-24-19-14-9-4/h6-33,37-39H2,1-5H3. The van der Waals surface area contributed by atoms with Crippen molar-refractivity contribution < 1.29 is 0 Å². The largest absolute Gasteiger partial charge is 0.131 e. The van der Waals surface area contributed by atoms with Gasteiger partial charge in [0.05, 0.1) is 0 Å². The first kappa shape index (κ1) is 40.3. The molecule has 3 heteroatoms. The second-order valence-electron chi connectivity index (χ2n) is 13.8. The van der Waals surface area contributed by atoms with Gasteiger partial charge in [-0.1, -0.05) is 157 Å². The topological polar surface area (TPSA) is 0 Å². The Kier molecular flexibility index (Phi) is 26.6. The van der Waals surface area contributed by atoms with Gasteiger partial charge in [0.2, 0.25) is 0 Å². The maximum Gasteiger partial charge on any atom is -0.0149 e. The minimum atomic E-state index is 0.429. The molecule has 0 heterocycles. The van der Waals surface area contributed by atoms with Crippen LogP contribution in [-0.2, 0) is 0 Å². The summed E-state index contributed by atoms with van der Waals surface area (Å²) in [5, 5.41) is 1.36. The quantitative estimate of drug-likeness (QED) is 0.0567. The first-order chi connectivity index (χ1) is 18.7. The number of hydrogen-bond donors (Lipinski definition) is 0. The van der Waals surface area contributed by atoms with Crippen LogP contribution in [-0.4, -0.2) is 15.5 Å². The monoisotopic (exact) mass is 603 g/mol. The highest BCUT2D eigenvalue weighted by molar-refractivity contribution is 7.19. The predicted octanol–water partition coefficient (Wildman–Crippen LogP) is 13.9. The van der Waals surface area contributed by atoms with Gasteiger partial charge in [0.1, 0.15) is 0 Å². The van der Waals surface area contributed by atoms with Crippen LogP contribution in [0.3, 0.4) is 0 Å². The summed E-state index contributed by atoms with van der Waals surface area (Å²) >= 11 is 0. The van der Waals surface area contributed by atoms with Gasteiger partial charge >= 0.3 is 0 Å². The Morgan fingerprint density at radius 3 is 0.667 bits per heavy atom. The van der Waals surface area contributed by atoms with Crippen molar-refractivity contribution in [2.75, 3.05) is 0 Å². The van der Waals surface area contributed by atoms with Crippen molar-refractivity contribution in [1.82, 2.24) is 0 Å². The highest BCUT2D eigenvalue weighted by atomic mass is 31.0. The van der Waals surface area contributed by atoms with E-state index in [-0.39, 0.29) is 0 Å². The molecule has 0 aromatic carbocycles. The molecule has 0 spiro atoms. The molecule has 0 aromatic rings. The minimum Gasteiger partial charge on any atom is -0.131 e. The summed E-state index contributed by atoms with van der Waals surface area (Å²) in [6.45, 7) is 11.7. The van der Waals surface area contributed by atoms with E-state index in [1.54, 1.807) is 0 Å². The molecule has 0 aliphatic rings. The summed E-state index contributed by atoms with van der Waals surface area (Å²) < 4.78 is 0. The van der Waals surface area contributed by atoms with Gasteiger partial charge in [-0.05, 0) is 73.3 Å². The second-order valence-corrected chi connectivity index (χ2v) is 17.5. The molecular formula is C36H77P3. The van der Waals surface area contributed by atoms with E-state index in [2.05, 4.69) is 62.3 Å².